The topological polar surface area (TPSA) is 26.3 Å². The van der Waals surface area contributed by atoms with E-state index in [1.807, 2.05) is 12.1 Å². The van der Waals surface area contributed by atoms with Crippen LogP contribution in [0.5, 0.6) is 0 Å². The van der Waals surface area contributed by atoms with Gasteiger partial charge < -0.3 is 12.2 Å². The summed E-state index contributed by atoms with van der Waals surface area (Å²) in [6.07, 6.45) is 0.338. The molecule has 0 saturated heterocycles. The summed E-state index contributed by atoms with van der Waals surface area (Å²) in [6, 6.07) is 10.1. The van der Waals surface area contributed by atoms with Crippen molar-refractivity contribution in [3.63, 3.8) is 0 Å². The van der Waals surface area contributed by atoms with E-state index in [-0.39, 0.29) is 46.1 Å². The Bertz CT molecular complexity index is 234. The second-order valence-electron chi connectivity index (χ2n) is 2.16. The van der Waals surface area contributed by atoms with Crippen LogP contribution in [-0.4, -0.2) is 13.1 Å². The third-order valence-electron chi connectivity index (χ3n) is 1.36. The van der Waals surface area contributed by atoms with Crippen LogP contribution < -0.4 is 0 Å². The number of carbonyl (C=O) groups is 1. The number of carbonyl (C=O) groups excluding carboxylic acids is 1. The second-order valence-corrected chi connectivity index (χ2v) is 2.16. The van der Waals surface area contributed by atoms with Gasteiger partial charge in [-0.1, -0.05) is 0 Å². The SMILES string of the molecule is COC(=O)Cc1cc[c-]cc1.[CH3-].[Y]. The quantitative estimate of drug-likeness (QED) is 0.591. The fraction of sp³-hybridized carbons (Fsp3) is 0.200. The average molecular weight is 253 g/mol. The van der Waals surface area contributed by atoms with Crippen LogP contribution in [0.15, 0.2) is 24.3 Å². The molecule has 1 aromatic carbocycles. The van der Waals surface area contributed by atoms with Crippen LogP contribution in [0.2, 0.25) is 0 Å². The van der Waals surface area contributed by atoms with E-state index >= 15 is 0 Å². The molecule has 0 heterocycles. The monoisotopic (exact) mass is 253 g/mol. The zero-order valence-corrected chi connectivity index (χ0v) is 10.7. The molecule has 0 aromatic heterocycles. The minimum absolute atomic E-state index is 0. The van der Waals surface area contributed by atoms with E-state index in [1.54, 1.807) is 12.1 Å². The van der Waals surface area contributed by atoms with Crippen molar-refractivity contribution in [1.29, 1.82) is 0 Å². The van der Waals surface area contributed by atoms with Crippen LogP contribution in [-0.2, 0) is 48.7 Å². The smallest absolute Gasteiger partial charge is 0.307 e. The van der Waals surface area contributed by atoms with Crippen molar-refractivity contribution in [1.82, 2.24) is 0 Å². The van der Waals surface area contributed by atoms with Gasteiger partial charge in [-0.2, -0.15) is 30.3 Å². The minimum Gasteiger partial charge on any atom is -0.469 e. The van der Waals surface area contributed by atoms with Crippen molar-refractivity contribution in [3.8, 4) is 0 Å². The van der Waals surface area contributed by atoms with Crippen molar-refractivity contribution in [2.45, 2.75) is 6.42 Å². The molecule has 0 aliphatic rings. The van der Waals surface area contributed by atoms with E-state index in [4.69, 9.17) is 0 Å². The molecule has 0 unspecified atom stereocenters. The van der Waals surface area contributed by atoms with Crippen molar-refractivity contribution in [2.75, 3.05) is 7.11 Å². The third-order valence-corrected chi connectivity index (χ3v) is 1.36. The Labute approximate surface area is 105 Å². The maximum Gasteiger partial charge on any atom is 0.307 e. The van der Waals surface area contributed by atoms with Crippen LogP contribution >= 0.6 is 0 Å². The molecule has 1 radical (unpaired) electrons. The summed E-state index contributed by atoms with van der Waals surface area (Å²) in [5.41, 5.74) is 0.954. The van der Waals surface area contributed by atoms with Crippen LogP contribution in [0.4, 0.5) is 0 Å². The number of ether oxygens (including phenoxy) is 1. The molecule has 0 aliphatic heterocycles. The van der Waals surface area contributed by atoms with Gasteiger partial charge in [0.2, 0.25) is 0 Å². The zero-order valence-electron chi connectivity index (χ0n) is 7.91. The first-order valence-electron chi connectivity index (χ1n) is 3.34. The summed E-state index contributed by atoms with van der Waals surface area (Å²) in [5.74, 6) is -0.212. The fourth-order valence-corrected chi connectivity index (χ4v) is 0.778. The summed E-state index contributed by atoms with van der Waals surface area (Å²) in [6.45, 7) is 0. The zero-order chi connectivity index (χ0) is 8.10. The van der Waals surface area contributed by atoms with E-state index in [0.29, 0.717) is 6.42 Å². The minimum atomic E-state index is -0.212. The van der Waals surface area contributed by atoms with Gasteiger partial charge in [0.25, 0.3) is 0 Å². The van der Waals surface area contributed by atoms with E-state index in [2.05, 4.69) is 10.8 Å². The van der Waals surface area contributed by atoms with Gasteiger partial charge in [-0.25, -0.2) is 0 Å². The van der Waals surface area contributed by atoms with E-state index in [1.165, 1.54) is 7.11 Å². The van der Waals surface area contributed by atoms with Gasteiger partial charge in [0.05, 0.1) is 7.11 Å². The Morgan fingerprint density at radius 3 is 2.46 bits per heavy atom. The van der Waals surface area contributed by atoms with Gasteiger partial charge in [-0.3, -0.25) is 4.79 Å². The number of hydrogen-bond donors (Lipinski definition) is 0. The molecule has 0 fully saturated rings. The predicted octanol–water partition coefficient (Wildman–Crippen LogP) is 1.65. The molecule has 0 aliphatic carbocycles. The first-order chi connectivity index (χ1) is 5.33. The molecule has 13 heavy (non-hydrogen) atoms. The van der Waals surface area contributed by atoms with E-state index < -0.39 is 0 Å². The largest absolute Gasteiger partial charge is 0.469 e. The molecular weight excluding hydrogens is 241 g/mol. The molecule has 0 amide bonds. The molecule has 1 aromatic rings. The molecule has 0 saturated carbocycles. The summed E-state index contributed by atoms with van der Waals surface area (Å²) in [7, 11) is 1.39. The van der Waals surface area contributed by atoms with Gasteiger partial charge in [0.1, 0.15) is 0 Å². The molecule has 0 atom stereocenters. The normalized spacial score (nSPS) is 7.77. The van der Waals surface area contributed by atoms with Crippen molar-refractivity contribution in [3.05, 3.63) is 43.3 Å². The van der Waals surface area contributed by atoms with Crippen molar-refractivity contribution >= 4 is 5.97 Å². The molecule has 3 heteroatoms. The Morgan fingerprint density at radius 1 is 1.46 bits per heavy atom. The summed E-state index contributed by atoms with van der Waals surface area (Å²) >= 11 is 0. The molecule has 0 spiro atoms. The van der Waals surface area contributed by atoms with Crippen LogP contribution in [0.25, 0.3) is 0 Å². The maximum atomic E-state index is 10.7. The maximum absolute atomic E-state index is 10.7. The first-order valence-corrected chi connectivity index (χ1v) is 3.34. The standard InChI is InChI=1S/C9H9O2.CH3.Y/c1-11-9(10)7-8-5-3-2-4-6-8;;/h3-6H,7H2,1H3;1H3;/q2*-1;. The summed E-state index contributed by atoms with van der Waals surface area (Å²) < 4.78 is 4.50. The first kappa shape index (κ1) is 15.3. The third kappa shape index (κ3) is 5.95. The van der Waals surface area contributed by atoms with Gasteiger partial charge in [0, 0.05) is 39.1 Å². The average Bonchev–Trinajstić information content (AvgIpc) is 2.06. The van der Waals surface area contributed by atoms with Crippen molar-refractivity contribution in [2.24, 2.45) is 0 Å². The number of methoxy groups -OCH3 is 1. The van der Waals surface area contributed by atoms with Gasteiger partial charge in [-0.05, 0) is 0 Å². The predicted molar refractivity (Wildman–Crippen MR) is 47.4 cm³/mol. The van der Waals surface area contributed by atoms with Crippen molar-refractivity contribution < 1.29 is 42.2 Å². The molecule has 0 bridgehead atoms. The van der Waals surface area contributed by atoms with Crippen LogP contribution in [0.3, 0.4) is 0 Å². The summed E-state index contributed by atoms with van der Waals surface area (Å²) in [4.78, 5) is 10.7. The number of rotatable bonds is 2. The molecule has 0 N–H and O–H groups in total. The number of benzene rings is 1. The molecular formula is C10H12O2Y-2. The second kappa shape index (κ2) is 8.39. The molecule has 69 valence electrons. The Balaban J connectivity index is 0. The van der Waals surface area contributed by atoms with Crippen LogP contribution in [0.1, 0.15) is 5.56 Å². The number of hydrogen-bond acceptors (Lipinski definition) is 2. The van der Waals surface area contributed by atoms with Gasteiger partial charge >= 0.3 is 5.97 Å². The number of esters is 1. The van der Waals surface area contributed by atoms with Crippen LogP contribution in [0, 0.1) is 13.5 Å². The Hall–Kier alpha value is -0.206. The Kier molecular flexibility index (Phi) is 9.86. The van der Waals surface area contributed by atoms with E-state index in [9.17, 15) is 4.79 Å². The Morgan fingerprint density at radius 2 is 2.00 bits per heavy atom. The fourth-order valence-electron chi connectivity index (χ4n) is 0.778. The summed E-state index contributed by atoms with van der Waals surface area (Å²) in [5, 5.41) is 0. The van der Waals surface area contributed by atoms with Gasteiger partial charge in [0.15, 0.2) is 0 Å². The molecule has 1 rings (SSSR count). The van der Waals surface area contributed by atoms with Gasteiger partial charge in [-0.15, -0.1) is 5.56 Å². The van der Waals surface area contributed by atoms with E-state index in [0.717, 1.165) is 5.56 Å². The molecule has 2 nitrogen and oxygen atoms in total.